The van der Waals surface area contributed by atoms with E-state index < -0.39 is 0 Å². The van der Waals surface area contributed by atoms with Gasteiger partial charge in [-0.25, -0.2) is 4.39 Å². The summed E-state index contributed by atoms with van der Waals surface area (Å²) in [4.78, 5) is 11.2. The summed E-state index contributed by atoms with van der Waals surface area (Å²) in [5.41, 5.74) is 2.32. The lowest BCUT2D eigenvalue weighted by molar-refractivity contribution is -0.114. The highest BCUT2D eigenvalue weighted by Crippen LogP contribution is 2.49. The van der Waals surface area contributed by atoms with Crippen molar-refractivity contribution in [3.05, 3.63) is 29.1 Å². The Morgan fingerprint density at radius 2 is 2.12 bits per heavy atom. The number of fused-ring (bicyclic) bond motifs is 1. The minimum absolute atomic E-state index is 0.115. The number of nitrogens with one attached hydrogen (secondary N) is 1. The second kappa shape index (κ2) is 3.83. The Balaban J connectivity index is 2.61. The van der Waals surface area contributed by atoms with Crippen LogP contribution in [0.1, 0.15) is 51.2 Å². The molecule has 2 rings (SSSR count). The minimum atomic E-state index is -0.163. The summed E-state index contributed by atoms with van der Waals surface area (Å²) in [6, 6.07) is 3.11. The van der Waals surface area contributed by atoms with E-state index in [4.69, 9.17) is 0 Å². The average Bonchev–Trinajstić information content (AvgIpc) is 2.41. The molecule has 1 aliphatic rings. The Morgan fingerprint density at radius 1 is 1.47 bits per heavy atom. The van der Waals surface area contributed by atoms with Crippen LogP contribution in [0, 0.1) is 5.82 Å². The molecule has 1 aliphatic carbocycles. The molecule has 0 spiro atoms. The van der Waals surface area contributed by atoms with Crippen LogP contribution in [0.5, 0.6) is 0 Å². The Labute approximate surface area is 101 Å². The zero-order valence-electron chi connectivity index (χ0n) is 10.7. The quantitative estimate of drug-likeness (QED) is 0.792. The predicted molar refractivity (Wildman–Crippen MR) is 66.8 cm³/mol. The van der Waals surface area contributed by atoms with Crippen molar-refractivity contribution in [3.63, 3.8) is 0 Å². The van der Waals surface area contributed by atoms with E-state index in [1.165, 1.54) is 13.0 Å². The van der Waals surface area contributed by atoms with Gasteiger partial charge in [-0.15, -0.1) is 0 Å². The number of benzene rings is 1. The molecule has 0 radical (unpaired) electrons. The minimum Gasteiger partial charge on any atom is -0.326 e. The monoisotopic (exact) mass is 235 g/mol. The summed E-state index contributed by atoms with van der Waals surface area (Å²) in [5, 5.41) is 2.79. The predicted octanol–water partition coefficient (Wildman–Crippen LogP) is 3.57. The van der Waals surface area contributed by atoms with Crippen molar-refractivity contribution in [1.82, 2.24) is 0 Å². The fourth-order valence-electron chi connectivity index (χ4n) is 3.06. The topological polar surface area (TPSA) is 29.1 Å². The lowest BCUT2D eigenvalue weighted by Gasteiger charge is -2.20. The lowest BCUT2D eigenvalue weighted by atomic mass is 9.86. The first kappa shape index (κ1) is 12.1. The number of hydrogen-bond acceptors (Lipinski definition) is 1. The molecular weight excluding hydrogens is 217 g/mol. The zero-order valence-corrected chi connectivity index (χ0v) is 10.7. The van der Waals surface area contributed by atoms with Crippen LogP contribution in [-0.2, 0) is 10.2 Å². The summed E-state index contributed by atoms with van der Waals surface area (Å²) in [5.74, 6) is -0.00304. The summed E-state index contributed by atoms with van der Waals surface area (Å²) in [6.07, 6.45) is 0.913. The van der Waals surface area contributed by atoms with Gasteiger partial charge in [0.15, 0.2) is 0 Å². The highest BCUT2D eigenvalue weighted by atomic mass is 19.1. The highest BCUT2D eigenvalue weighted by molar-refractivity contribution is 5.90. The van der Waals surface area contributed by atoms with Crippen molar-refractivity contribution >= 4 is 11.6 Å². The third-order valence-electron chi connectivity index (χ3n) is 3.49. The molecule has 1 N–H and O–H groups in total. The molecule has 17 heavy (non-hydrogen) atoms. The second-order valence-corrected chi connectivity index (χ2v) is 5.55. The molecule has 0 aromatic heterocycles. The second-order valence-electron chi connectivity index (χ2n) is 5.55. The molecule has 0 bridgehead atoms. The number of amides is 1. The molecule has 1 atom stereocenters. The van der Waals surface area contributed by atoms with E-state index in [0.29, 0.717) is 0 Å². The maximum Gasteiger partial charge on any atom is 0.221 e. The first-order valence-corrected chi connectivity index (χ1v) is 5.93. The van der Waals surface area contributed by atoms with Gasteiger partial charge < -0.3 is 5.32 Å². The molecule has 0 aliphatic heterocycles. The molecular formula is C14H18FNO. The summed E-state index contributed by atoms with van der Waals surface area (Å²) < 4.78 is 14.0. The summed E-state index contributed by atoms with van der Waals surface area (Å²) in [7, 11) is 0. The van der Waals surface area contributed by atoms with Crippen LogP contribution >= 0.6 is 0 Å². The molecule has 0 saturated carbocycles. The van der Waals surface area contributed by atoms with Gasteiger partial charge in [-0.3, -0.25) is 4.79 Å². The van der Waals surface area contributed by atoms with E-state index in [1.807, 2.05) is 0 Å². The smallest absolute Gasteiger partial charge is 0.221 e. The van der Waals surface area contributed by atoms with Gasteiger partial charge in [0.1, 0.15) is 5.82 Å². The molecule has 0 heterocycles. The Kier molecular flexibility index (Phi) is 2.72. The normalized spacial score (nSPS) is 21.1. The lowest BCUT2D eigenvalue weighted by Crippen LogP contribution is -2.15. The standard InChI is InChI=1S/C14H18FNO/c1-8-7-14(3,4)13-10(15)5-6-11(12(8)13)16-9(2)17/h5-6,8H,7H2,1-4H3,(H,16,17). The van der Waals surface area contributed by atoms with E-state index in [9.17, 15) is 9.18 Å². The molecule has 1 unspecified atom stereocenters. The van der Waals surface area contributed by atoms with Gasteiger partial charge in [0.05, 0.1) is 0 Å². The molecule has 1 amide bonds. The van der Waals surface area contributed by atoms with Crippen molar-refractivity contribution in [3.8, 4) is 0 Å². The first-order valence-electron chi connectivity index (χ1n) is 5.93. The van der Waals surface area contributed by atoms with Crippen molar-refractivity contribution in [2.45, 2.75) is 45.4 Å². The zero-order chi connectivity index (χ0) is 12.8. The molecule has 92 valence electrons. The molecule has 1 aromatic rings. The Bertz CT molecular complexity index is 479. The molecule has 3 heteroatoms. The average molecular weight is 235 g/mol. The number of rotatable bonds is 1. The fourth-order valence-corrected chi connectivity index (χ4v) is 3.06. The van der Waals surface area contributed by atoms with Crippen molar-refractivity contribution in [2.24, 2.45) is 0 Å². The number of hydrogen-bond donors (Lipinski definition) is 1. The largest absolute Gasteiger partial charge is 0.326 e. The SMILES string of the molecule is CC(=O)Nc1ccc(F)c2c1C(C)CC2(C)C. The van der Waals surface area contributed by atoms with E-state index in [1.54, 1.807) is 6.07 Å². The van der Waals surface area contributed by atoms with E-state index in [2.05, 4.69) is 26.1 Å². The van der Waals surface area contributed by atoms with Crippen LogP contribution < -0.4 is 5.32 Å². The molecule has 0 saturated heterocycles. The third kappa shape index (κ3) is 1.94. The fraction of sp³-hybridized carbons (Fsp3) is 0.500. The molecule has 2 nitrogen and oxygen atoms in total. The summed E-state index contributed by atoms with van der Waals surface area (Å²) >= 11 is 0. The Hall–Kier alpha value is -1.38. The van der Waals surface area contributed by atoms with Crippen LogP contribution in [0.3, 0.4) is 0 Å². The summed E-state index contributed by atoms with van der Waals surface area (Å²) in [6.45, 7) is 7.66. The molecule has 0 fully saturated rings. The number of carbonyl (C=O) groups excluding carboxylic acids is 1. The number of halogens is 1. The van der Waals surface area contributed by atoms with E-state index in [0.717, 1.165) is 23.2 Å². The molecule has 1 aromatic carbocycles. The van der Waals surface area contributed by atoms with Gasteiger partial charge in [-0.1, -0.05) is 20.8 Å². The third-order valence-corrected chi connectivity index (χ3v) is 3.49. The van der Waals surface area contributed by atoms with Crippen LogP contribution in [0.4, 0.5) is 10.1 Å². The van der Waals surface area contributed by atoms with Crippen LogP contribution in [-0.4, -0.2) is 5.91 Å². The van der Waals surface area contributed by atoms with Gasteiger partial charge in [-0.2, -0.15) is 0 Å². The van der Waals surface area contributed by atoms with Crippen molar-refractivity contribution in [2.75, 3.05) is 5.32 Å². The van der Waals surface area contributed by atoms with E-state index >= 15 is 0 Å². The van der Waals surface area contributed by atoms with Gasteiger partial charge >= 0.3 is 0 Å². The Morgan fingerprint density at radius 3 is 2.71 bits per heavy atom. The van der Waals surface area contributed by atoms with Crippen molar-refractivity contribution in [1.29, 1.82) is 0 Å². The maximum absolute atomic E-state index is 14.0. The van der Waals surface area contributed by atoms with Crippen molar-refractivity contribution < 1.29 is 9.18 Å². The van der Waals surface area contributed by atoms with Crippen LogP contribution in [0.2, 0.25) is 0 Å². The van der Waals surface area contributed by atoms with Gasteiger partial charge in [0.25, 0.3) is 0 Å². The van der Waals surface area contributed by atoms with Gasteiger partial charge in [0.2, 0.25) is 5.91 Å². The van der Waals surface area contributed by atoms with Gasteiger partial charge in [-0.05, 0) is 41.0 Å². The highest BCUT2D eigenvalue weighted by Gasteiger charge is 2.38. The van der Waals surface area contributed by atoms with Crippen LogP contribution in [0.15, 0.2) is 12.1 Å². The van der Waals surface area contributed by atoms with Gasteiger partial charge in [0, 0.05) is 12.6 Å². The number of anilines is 1. The maximum atomic E-state index is 14.0. The van der Waals surface area contributed by atoms with E-state index in [-0.39, 0.29) is 23.1 Å². The number of carbonyl (C=O) groups is 1. The first-order chi connectivity index (χ1) is 7.83. The van der Waals surface area contributed by atoms with Crippen LogP contribution in [0.25, 0.3) is 0 Å².